The molecule has 2 aromatic heterocycles. The molecule has 5 rings (SSSR count). The Bertz CT molecular complexity index is 1300. The van der Waals surface area contributed by atoms with E-state index in [1.807, 2.05) is 20.8 Å². The van der Waals surface area contributed by atoms with Crippen LogP contribution in [0.15, 0.2) is 42.7 Å². The first-order chi connectivity index (χ1) is 16.3. The number of fused-ring (bicyclic) bond motifs is 2. The third kappa shape index (κ3) is 4.42. The molecule has 2 aliphatic rings. The second-order valence-electron chi connectivity index (χ2n) is 10.0. The molecule has 0 saturated carbocycles. The number of rotatable bonds is 3. The van der Waals surface area contributed by atoms with Crippen molar-refractivity contribution in [3.63, 3.8) is 0 Å². The number of anilines is 2. The van der Waals surface area contributed by atoms with Crippen LogP contribution in [0.2, 0.25) is 0 Å². The number of nitrogens with zero attached hydrogens (tertiary/aromatic N) is 3. The average Bonchev–Trinajstić information content (AvgIpc) is 3.24. The molecule has 3 heterocycles. The van der Waals surface area contributed by atoms with Gasteiger partial charge in [0.25, 0.3) is 0 Å². The number of allylic oxidation sites excluding steroid dienone is 1. The van der Waals surface area contributed by atoms with Crippen LogP contribution in [0.4, 0.5) is 16.3 Å². The predicted octanol–water partition coefficient (Wildman–Crippen LogP) is 6.25. The lowest BCUT2D eigenvalue weighted by Gasteiger charge is -2.29. The summed E-state index contributed by atoms with van der Waals surface area (Å²) in [5.74, 6) is 1.28. The van der Waals surface area contributed by atoms with Crippen molar-refractivity contribution in [1.82, 2.24) is 19.9 Å². The van der Waals surface area contributed by atoms with Crippen LogP contribution < -0.4 is 5.32 Å². The van der Waals surface area contributed by atoms with Crippen LogP contribution >= 0.6 is 0 Å². The second kappa shape index (κ2) is 8.63. The van der Waals surface area contributed by atoms with Gasteiger partial charge in [-0.25, -0.2) is 14.8 Å². The molecule has 0 bridgehead atoms. The molecule has 1 unspecified atom stereocenters. The Balaban J connectivity index is 1.39. The van der Waals surface area contributed by atoms with Gasteiger partial charge in [0.05, 0.1) is 5.39 Å². The van der Waals surface area contributed by atoms with Gasteiger partial charge in [0.15, 0.2) is 0 Å². The van der Waals surface area contributed by atoms with Crippen LogP contribution in [-0.2, 0) is 4.74 Å². The minimum Gasteiger partial charge on any atom is -0.444 e. The van der Waals surface area contributed by atoms with Gasteiger partial charge in [0, 0.05) is 30.0 Å². The van der Waals surface area contributed by atoms with Crippen molar-refractivity contribution < 1.29 is 9.53 Å². The van der Waals surface area contributed by atoms with Gasteiger partial charge in [-0.05, 0) is 62.8 Å². The number of benzene rings is 1. The van der Waals surface area contributed by atoms with Gasteiger partial charge in [0.2, 0.25) is 0 Å². The highest BCUT2D eigenvalue weighted by Gasteiger charge is 2.24. The minimum absolute atomic E-state index is 0.272. The SMILES string of the molecule is CC1CC=Cc2c(Nc3ncnc4[nH]c(C5=CCN(C(=O)OC(C)(C)C)CC5)cc34)cccc21. The Morgan fingerprint density at radius 3 is 2.88 bits per heavy atom. The third-order valence-corrected chi connectivity index (χ3v) is 6.33. The van der Waals surface area contributed by atoms with Crippen LogP contribution in [0.5, 0.6) is 0 Å². The first-order valence-corrected chi connectivity index (χ1v) is 11.9. The fourth-order valence-corrected chi connectivity index (χ4v) is 4.57. The van der Waals surface area contributed by atoms with Crippen molar-refractivity contribution in [2.24, 2.45) is 0 Å². The Morgan fingerprint density at radius 1 is 1.26 bits per heavy atom. The van der Waals surface area contributed by atoms with Gasteiger partial charge < -0.3 is 19.9 Å². The largest absolute Gasteiger partial charge is 0.444 e. The number of hydrogen-bond acceptors (Lipinski definition) is 5. The van der Waals surface area contributed by atoms with Crippen molar-refractivity contribution >= 4 is 40.3 Å². The molecule has 1 atom stereocenters. The van der Waals surface area contributed by atoms with E-state index >= 15 is 0 Å². The van der Waals surface area contributed by atoms with Crippen molar-refractivity contribution in [2.45, 2.75) is 52.1 Å². The molecule has 1 aliphatic heterocycles. The summed E-state index contributed by atoms with van der Waals surface area (Å²) in [5.41, 5.74) is 6.09. The van der Waals surface area contributed by atoms with E-state index in [1.54, 1.807) is 11.2 Å². The number of aromatic amines is 1. The van der Waals surface area contributed by atoms with Crippen molar-refractivity contribution in [3.8, 4) is 0 Å². The van der Waals surface area contributed by atoms with Gasteiger partial charge >= 0.3 is 6.09 Å². The zero-order valence-corrected chi connectivity index (χ0v) is 20.2. The minimum atomic E-state index is -0.494. The van der Waals surface area contributed by atoms with E-state index in [9.17, 15) is 4.79 Å². The summed E-state index contributed by atoms with van der Waals surface area (Å²) in [5, 5.41) is 4.49. The number of amides is 1. The normalized spacial score (nSPS) is 17.9. The molecule has 0 radical (unpaired) electrons. The van der Waals surface area contributed by atoms with Gasteiger partial charge in [-0.2, -0.15) is 0 Å². The number of H-pyrrole nitrogens is 1. The third-order valence-electron chi connectivity index (χ3n) is 6.33. The maximum atomic E-state index is 12.4. The number of carbonyl (C=O) groups excluding carboxylic acids is 1. The number of ether oxygens (including phenoxy) is 1. The standard InChI is InChI=1S/C27H31N5O2/c1-17-7-5-9-20-19(17)8-6-10-22(20)30-24-21-15-23(31-25(21)29-16-28-24)18-11-13-32(14-12-18)26(33)34-27(2,3)4/h5-6,8-11,15-17H,7,12-14H2,1-4H3,(H2,28,29,30,31). The van der Waals surface area contributed by atoms with E-state index in [2.05, 4.69) is 69.7 Å². The molecule has 176 valence electrons. The number of aromatic nitrogens is 3. The second-order valence-corrected chi connectivity index (χ2v) is 10.0. The first-order valence-electron chi connectivity index (χ1n) is 11.9. The summed E-state index contributed by atoms with van der Waals surface area (Å²) in [6.45, 7) is 9.06. The van der Waals surface area contributed by atoms with E-state index in [0.29, 0.717) is 19.0 Å². The summed E-state index contributed by atoms with van der Waals surface area (Å²) in [6.07, 6.45) is 9.63. The van der Waals surface area contributed by atoms with Gasteiger partial charge in [-0.1, -0.05) is 37.3 Å². The molecule has 1 aromatic carbocycles. The molecule has 2 N–H and O–H groups in total. The highest BCUT2D eigenvalue weighted by Crippen LogP contribution is 2.36. The molecule has 7 heteroatoms. The first kappa shape index (κ1) is 22.2. The topological polar surface area (TPSA) is 83.1 Å². The van der Waals surface area contributed by atoms with Crippen LogP contribution in [0, 0.1) is 0 Å². The van der Waals surface area contributed by atoms with Gasteiger partial charge in [-0.15, -0.1) is 0 Å². The number of hydrogen-bond donors (Lipinski definition) is 2. The highest BCUT2D eigenvalue weighted by molar-refractivity contribution is 5.93. The van der Waals surface area contributed by atoms with E-state index in [-0.39, 0.29) is 6.09 Å². The van der Waals surface area contributed by atoms with Crippen LogP contribution in [-0.4, -0.2) is 44.6 Å². The molecule has 0 saturated heterocycles. The Kier molecular flexibility index (Phi) is 5.63. The quantitative estimate of drug-likeness (QED) is 0.486. The van der Waals surface area contributed by atoms with Crippen molar-refractivity contribution in [1.29, 1.82) is 0 Å². The molecule has 0 fully saturated rings. The van der Waals surface area contributed by atoms with Crippen molar-refractivity contribution in [3.05, 3.63) is 59.6 Å². The summed E-state index contributed by atoms with van der Waals surface area (Å²) in [4.78, 5) is 26.5. The van der Waals surface area contributed by atoms with Gasteiger partial charge in [-0.3, -0.25) is 0 Å². The van der Waals surface area contributed by atoms with E-state index in [4.69, 9.17) is 4.74 Å². The van der Waals surface area contributed by atoms with E-state index < -0.39 is 5.60 Å². The summed E-state index contributed by atoms with van der Waals surface area (Å²) < 4.78 is 5.50. The summed E-state index contributed by atoms with van der Waals surface area (Å²) >= 11 is 0. The smallest absolute Gasteiger partial charge is 0.410 e. The van der Waals surface area contributed by atoms with Crippen LogP contribution in [0.25, 0.3) is 22.7 Å². The average molecular weight is 458 g/mol. The van der Waals surface area contributed by atoms with E-state index in [0.717, 1.165) is 46.6 Å². The Morgan fingerprint density at radius 2 is 2.12 bits per heavy atom. The van der Waals surface area contributed by atoms with Crippen molar-refractivity contribution in [2.75, 3.05) is 18.4 Å². The van der Waals surface area contributed by atoms with Crippen LogP contribution in [0.3, 0.4) is 0 Å². The zero-order valence-electron chi connectivity index (χ0n) is 20.2. The lowest BCUT2D eigenvalue weighted by Crippen LogP contribution is -2.39. The van der Waals surface area contributed by atoms with E-state index in [1.165, 1.54) is 11.1 Å². The Hall–Kier alpha value is -3.61. The molecular weight excluding hydrogens is 426 g/mol. The summed E-state index contributed by atoms with van der Waals surface area (Å²) in [7, 11) is 0. The molecule has 34 heavy (non-hydrogen) atoms. The molecular formula is C27H31N5O2. The molecule has 1 aliphatic carbocycles. The molecule has 3 aromatic rings. The maximum Gasteiger partial charge on any atom is 0.410 e. The fraction of sp³-hybridized carbons (Fsp3) is 0.370. The fourth-order valence-electron chi connectivity index (χ4n) is 4.57. The number of carbonyl (C=O) groups is 1. The lowest BCUT2D eigenvalue weighted by molar-refractivity contribution is 0.0270. The summed E-state index contributed by atoms with van der Waals surface area (Å²) in [6, 6.07) is 8.49. The molecule has 7 nitrogen and oxygen atoms in total. The maximum absolute atomic E-state index is 12.4. The monoisotopic (exact) mass is 457 g/mol. The molecule has 0 spiro atoms. The number of nitrogens with one attached hydrogen (secondary N) is 2. The predicted molar refractivity (Wildman–Crippen MR) is 136 cm³/mol. The van der Waals surface area contributed by atoms with Gasteiger partial charge in [0.1, 0.15) is 23.4 Å². The van der Waals surface area contributed by atoms with Crippen LogP contribution in [0.1, 0.15) is 63.3 Å². The lowest BCUT2D eigenvalue weighted by atomic mass is 9.87. The molecule has 1 amide bonds. The zero-order chi connectivity index (χ0) is 23.9. The highest BCUT2D eigenvalue weighted by atomic mass is 16.6. The Labute approximate surface area is 199 Å².